The largest absolute Gasteiger partial charge is 0.489 e. The van der Waals surface area contributed by atoms with Crippen molar-refractivity contribution >= 4 is 29.1 Å². The molecule has 186 valence electrons. The van der Waals surface area contributed by atoms with Gasteiger partial charge in [-0.25, -0.2) is 0 Å². The first-order chi connectivity index (χ1) is 16.8. The minimum absolute atomic E-state index is 0.0923. The molecule has 3 aromatic rings. The van der Waals surface area contributed by atoms with Gasteiger partial charge in [0.15, 0.2) is 6.61 Å². The summed E-state index contributed by atoms with van der Waals surface area (Å²) in [4.78, 5) is 26.3. The Labute approximate surface area is 210 Å². The minimum atomic E-state index is -0.184. The second kappa shape index (κ2) is 12.3. The molecule has 1 heterocycles. The van der Waals surface area contributed by atoms with Gasteiger partial charge in [0.1, 0.15) is 23.9 Å². The molecule has 0 aliphatic carbocycles. The number of halogens is 1. The number of carbonyl (C=O) groups excluding carboxylic acids is 2. The average Bonchev–Trinajstić information content (AvgIpc) is 3.16. The van der Waals surface area contributed by atoms with Crippen LogP contribution in [0.5, 0.6) is 11.5 Å². The van der Waals surface area contributed by atoms with E-state index in [-0.39, 0.29) is 24.8 Å². The van der Waals surface area contributed by atoms with Gasteiger partial charge in [0.25, 0.3) is 5.91 Å². The van der Waals surface area contributed by atoms with Crippen molar-refractivity contribution in [3.05, 3.63) is 70.1 Å². The molecule has 0 spiro atoms. The molecule has 8 nitrogen and oxygen atoms in total. The average molecular weight is 500 g/mol. The van der Waals surface area contributed by atoms with Gasteiger partial charge in [-0.1, -0.05) is 28.9 Å². The Kier molecular flexibility index (Phi) is 9.14. The molecule has 1 aromatic heterocycles. The summed E-state index contributed by atoms with van der Waals surface area (Å²) in [7, 11) is 0. The standard InChI is InChI=1S/C26H30ClN3O5/c1-5-30(6-2)26(32)16-34-24-12-9-20(14-23(24)27)28-25(31)13-19-7-10-21(11-8-19)33-15-22-17(3)29-35-18(22)4/h7-12,14H,5-6,13,15-16H2,1-4H3,(H,28,31). The summed E-state index contributed by atoms with van der Waals surface area (Å²) in [5, 5.41) is 7.06. The summed E-state index contributed by atoms with van der Waals surface area (Å²) in [6, 6.07) is 12.3. The Morgan fingerprint density at radius 2 is 1.77 bits per heavy atom. The van der Waals surface area contributed by atoms with E-state index in [4.69, 9.17) is 25.6 Å². The Bertz CT molecular complexity index is 1140. The lowest BCUT2D eigenvalue weighted by atomic mass is 10.1. The van der Waals surface area contributed by atoms with Crippen LogP contribution < -0.4 is 14.8 Å². The molecule has 2 aromatic carbocycles. The minimum Gasteiger partial charge on any atom is -0.489 e. The van der Waals surface area contributed by atoms with E-state index in [9.17, 15) is 9.59 Å². The fourth-order valence-corrected chi connectivity index (χ4v) is 3.70. The molecule has 0 atom stereocenters. The van der Waals surface area contributed by atoms with Gasteiger partial charge >= 0.3 is 0 Å². The topological polar surface area (TPSA) is 93.9 Å². The van der Waals surface area contributed by atoms with Crippen molar-refractivity contribution in [3.63, 3.8) is 0 Å². The normalized spacial score (nSPS) is 10.7. The first-order valence-electron chi connectivity index (χ1n) is 11.4. The van der Waals surface area contributed by atoms with Gasteiger partial charge in [-0.3, -0.25) is 9.59 Å². The van der Waals surface area contributed by atoms with Crippen molar-refractivity contribution in [2.45, 2.75) is 40.7 Å². The third-order valence-electron chi connectivity index (χ3n) is 5.54. The predicted molar refractivity (Wildman–Crippen MR) is 134 cm³/mol. The van der Waals surface area contributed by atoms with Crippen molar-refractivity contribution < 1.29 is 23.6 Å². The van der Waals surface area contributed by atoms with Crippen molar-refractivity contribution in [1.29, 1.82) is 0 Å². The third-order valence-corrected chi connectivity index (χ3v) is 5.83. The van der Waals surface area contributed by atoms with Gasteiger partial charge in [-0.15, -0.1) is 0 Å². The van der Waals surface area contributed by atoms with Gasteiger partial charge in [0.2, 0.25) is 5.91 Å². The van der Waals surface area contributed by atoms with Gasteiger partial charge in [0, 0.05) is 18.8 Å². The van der Waals surface area contributed by atoms with Crippen molar-refractivity contribution in [3.8, 4) is 11.5 Å². The number of nitrogens with one attached hydrogen (secondary N) is 1. The molecule has 0 aliphatic heterocycles. The number of likely N-dealkylation sites (N-methyl/N-ethyl adjacent to an activating group) is 1. The molecule has 35 heavy (non-hydrogen) atoms. The van der Waals surface area contributed by atoms with Crippen LogP contribution in [0.2, 0.25) is 5.02 Å². The van der Waals surface area contributed by atoms with Gasteiger partial charge in [0.05, 0.1) is 22.7 Å². The molecule has 9 heteroatoms. The zero-order chi connectivity index (χ0) is 25.4. The van der Waals surface area contributed by atoms with Crippen molar-refractivity contribution in [2.24, 2.45) is 0 Å². The highest BCUT2D eigenvalue weighted by Gasteiger charge is 2.13. The first kappa shape index (κ1) is 26.1. The first-order valence-corrected chi connectivity index (χ1v) is 11.8. The highest BCUT2D eigenvalue weighted by atomic mass is 35.5. The van der Waals surface area contributed by atoms with Crippen LogP contribution in [0.1, 0.15) is 36.4 Å². The maximum atomic E-state index is 12.5. The smallest absolute Gasteiger partial charge is 0.260 e. The van der Waals surface area contributed by atoms with Crippen LogP contribution in [-0.4, -0.2) is 41.6 Å². The number of ether oxygens (including phenoxy) is 2. The number of nitrogens with zero attached hydrogens (tertiary/aromatic N) is 2. The van der Waals surface area contributed by atoms with Crippen molar-refractivity contribution in [2.75, 3.05) is 25.0 Å². The van der Waals surface area contributed by atoms with Crippen LogP contribution in [0.15, 0.2) is 47.0 Å². The predicted octanol–water partition coefficient (Wildman–Crippen LogP) is 4.95. The number of hydrogen-bond donors (Lipinski definition) is 1. The van der Waals surface area contributed by atoms with E-state index in [0.29, 0.717) is 41.9 Å². The molecule has 0 bridgehead atoms. The molecule has 3 rings (SSSR count). The lowest BCUT2D eigenvalue weighted by molar-refractivity contribution is -0.133. The molecular formula is C26H30ClN3O5. The quantitative estimate of drug-likeness (QED) is 0.401. The maximum absolute atomic E-state index is 12.5. The second-order valence-electron chi connectivity index (χ2n) is 7.96. The second-order valence-corrected chi connectivity index (χ2v) is 8.37. The Morgan fingerprint density at radius 1 is 1.06 bits per heavy atom. The molecule has 1 N–H and O–H groups in total. The maximum Gasteiger partial charge on any atom is 0.260 e. The molecule has 0 saturated heterocycles. The van der Waals surface area contributed by atoms with E-state index in [0.717, 1.165) is 22.6 Å². The molecule has 0 saturated carbocycles. The third kappa shape index (κ3) is 7.23. The SMILES string of the molecule is CCN(CC)C(=O)COc1ccc(NC(=O)Cc2ccc(OCc3c(C)noc3C)cc2)cc1Cl. The molecule has 0 radical (unpaired) electrons. The van der Waals surface area contributed by atoms with Crippen LogP contribution in [0.3, 0.4) is 0 Å². The number of hydrogen-bond acceptors (Lipinski definition) is 6. The van der Waals surface area contributed by atoms with E-state index < -0.39 is 0 Å². The highest BCUT2D eigenvalue weighted by molar-refractivity contribution is 6.32. The number of rotatable bonds is 11. The van der Waals surface area contributed by atoms with Gasteiger partial charge < -0.3 is 24.2 Å². The Hall–Kier alpha value is -3.52. The number of carbonyl (C=O) groups is 2. The Balaban J connectivity index is 1.50. The molecule has 0 aliphatic rings. The van der Waals surface area contributed by atoms with Gasteiger partial charge in [-0.05, 0) is 63.6 Å². The van der Waals surface area contributed by atoms with Crippen LogP contribution in [0, 0.1) is 13.8 Å². The van der Waals surface area contributed by atoms with Crippen molar-refractivity contribution in [1.82, 2.24) is 10.1 Å². The number of anilines is 1. The van der Waals surface area contributed by atoms with E-state index >= 15 is 0 Å². The molecule has 0 fully saturated rings. The zero-order valence-corrected chi connectivity index (χ0v) is 21.1. The lowest BCUT2D eigenvalue weighted by Gasteiger charge is -2.19. The number of aryl methyl sites for hydroxylation is 2. The van der Waals surface area contributed by atoms with Crippen LogP contribution in [0.4, 0.5) is 5.69 Å². The van der Waals surface area contributed by atoms with E-state index in [1.807, 2.05) is 52.0 Å². The van der Waals surface area contributed by atoms with E-state index in [2.05, 4.69) is 10.5 Å². The summed E-state index contributed by atoms with van der Waals surface area (Å²) in [5.41, 5.74) is 3.12. The van der Waals surface area contributed by atoms with Crippen LogP contribution in [-0.2, 0) is 22.6 Å². The molecule has 2 amide bonds. The van der Waals surface area contributed by atoms with Crippen LogP contribution in [0.25, 0.3) is 0 Å². The summed E-state index contributed by atoms with van der Waals surface area (Å²) in [6.45, 7) is 9.07. The molecular weight excluding hydrogens is 470 g/mol. The Morgan fingerprint density at radius 3 is 2.37 bits per heavy atom. The molecule has 0 unspecified atom stereocenters. The van der Waals surface area contributed by atoms with Crippen LogP contribution >= 0.6 is 11.6 Å². The number of aromatic nitrogens is 1. The van der Waals surface area contributed by atoms with E-state index in [1.54, 1.807) is 23.1 Å². The summed E-state index contributed by atoms with van der Waals surface area (Å²) in [5.74, 6) is 1.52. The lowest BCUT2D eigenvalue weighted by Crippen LogP contribution is -2.34. The monoisotopic (exact) mass is 499 g/mol. The number of amides is 2. The highest BCUT2D eigenvalue weighted by Crippen LogP contribution is 2.28. The fourth-order valence-electron chi connectivity index (χ4n) is 3.46. The summed E-state index contributed by atoms with van der Waals surface area (Å²) in [6.07, 6.45) is 0.193. The van der Waals surface area contributed by atoms with Gasteiger partial charge in [-0.2, -0.15) is 0 Å². The number of benzene rings is 2. The summed E-state index contributed by atoms with van der Waals surface area (Å²) < 4.78 is 16.5. The van der Waals surface area contributed by atoms with E-state index in [1.165, 1.54) is 0 Å². The summed E-state index contributed by atoms with van der Waals surface area (Å²) >= 11 is 6.28. The zero-order valence-electron chi connectivity index (χ0n) is 20.4. The fraction of sp³-hybridized carbons (Fsp3) is 0.346.